The Morgan fingerprint density at radius 2 is 2.10 bits per heavy atom. The van der Waals surface area contributed by atoms with E-state index in [1.807, 2.05) is 0 Å². The maximum atomic E-state index is 9.91. The van der Waals surface area contributed by atoms with Gasteiger partial charge < -0.3 is 25.8 Å². The molecule has 1 aliphatic heterocycles. The fourth-order valence-corrected chi connectivity index (χ4v) is 3.36. The number of nitrogens with zero attached hydrogens (tertiary/aromatic N) is 4. The van der Waals surface area contributed by atoms with Crippen molar-refractivity contribution < 1.29 is 20.1 Å². The minimum absolute atomic E-state index is 0.0470. The van der Waals surface area contributed by atoms with Gasteiger partial charge in [0.05, 0.1) is 6.61 Å². The monoisotopic (exact) mass is 299 g/mol. The van der Waals surface area contributed by atoms with E-state index in [0.29, 0.717) is 11.2 Å². The summed E-state index contributed by atoms with van der Waals surface area (Å²) in [4.78, 5) is 12.1. The van der Waals surface area contributed by atoms with Crippen LogP contribution in [-0.4, -0.2) is 65.4 Å². The van der Waals surface area contributed by atoms with Crippen molar-refractivity contribution in [2.45, 2.75) is 24.2 Å². The predicted molar refractivity (Wildman–Crippen MR) is 71.2 cm³/mol. The van der Waals surface area contributed by atoms with Gasteiger partial charge in [0.2, 0.25) is 0 Å². The van der Waals surface area contributed by atoms with E-state index in [1.54, 1.807) is 4.34 Å². The first-order valence-corrected chi connectivity index (χ1v) is 6.97. The SMILES string of the molecule is Nc1ncnc2c1ncn2PC1O[C@H](CO)[C@@H](O)[C@H]1O. The summed E-state index contributed by atoms with van der Waals surface area (Å²) in [6.07, 6.45) is -0.0911. The lowest BCUT2D eigenvalue weighted by molar-refractivity contribution is -0.00840. The molecule has 2 aromatic heterocycles. The number of imidazole rings is 1. The molecule has 0 aromatic carbocycles. The molecule has 1 saturated heterocycles. The van der Waals surface area contributed by atoms with Crippen LogP contribution in [0.5, 0.6) is 0 Å². The molecule has 0 spiro atoms. The molecule has 3 heterocycles. The van der Waals surface area contributed by atoms with Gasteiger partial charge in [0.25, 0.3) is 0 Å². The number of aromatic nitrogens is 4. The zero-order chi connectivity index (χ0) is 14.3. The Balaban J connectivity index is 1.85. The minimum atomic E-state index is -1.10. The van der Waals surface area contributed by atoms with Crippen LogP contribution in [0.25, 0.3) is 11.2 Å². The molecule has 10 heteroatoms. The number of ether oxygens (including phenoxy) is 1. The largest absolute Gasteiger partial charge is 0.394 e. The van der Waals surface area contributed by atoms with Gasteiger partial charge in [-0.25, -0.2) is 15.0 Å². The predicted octanol–water partition coefficient (Wildman–Crippen LogP) is -1.71. The van der Waals surface area contributed by atoms with Crippen LogP contribution in [0.3, 0.4) is 0 Å². The molecule has 0 aliphatic carbocycles. The molecule has 20 heavy (non-hydrogen) atoms. The van der Waals surface area contributed by atoms with E-state index in [4.69, 9.17) is 15.6 Å². The van der Waals surface area contributed by atoms with Crippen LogP contribution < -0.4 is 5.73 Å². The Morgan fingerprint density at radius 3 is 2.80 bits per heavy atom. The molecule has 5 N–H and O–H groups in total. The number of aliphatic hydroxyl groups is 3. The summed E-state index contributed by atoms with van der Waals surface area (Å²) in [5, 5.41) is 28.7. The van der Waals surface area contributed by atoms with Crippen molar-refractivity contribution >= 4 is 25.7 Å². The van der Waals surface area contributed by atoms with Crippen molar-refractivity contribution in [1.82, 2.24) is 19.3 Å². The maximum absolute atomic E-state index is 9.91. The first-order chi connectivity index (χ1) is 9.61. The third-order valence-corrected chi connectivity index (χ3v) is 4.51. The molecule has 1 aliphatic rings. The summed E-state index contributed by atoms with van der Waals surface area (Å²) in [5.41, 5.74) is 6.71. The van der Waals surface area contributed by atoms with Gasteiger partial charge in [-0.15, -0.1) is 0 Å². The fraction of sp³-hybridized carbons (Fsp3) is 0.500. The summed E-state index contributed by atoms with van der Waals surface area (Å²) in [7, 11) is -0.0470. The molecule has 0 amide bonds. The number of hydrogen-bond acceptors (Lipinski definition) is 8. The highest BCUT2D eigenvalue weighted by atomic mass is 31.1. The first-order valence-electron chi connectivity index (χ1n) is 5.94. The Hall–Kier alpha value is -1.38. The van der Waals surface area contributed by atoms with Gasteiger partial charge in [-0.05, 0) is 0 Å². The number of nitrogens with two attached hydrogens (primary N) is 1. The lowest BCUT2D eigenvalue weighted by atomic mass is 10.2. The van der Waals surface area contributed by atoms with Crippen molar-refractivity contribution in [2.75, 3.05) is 12.3 Å². The highest BCUT2D eigenvalue weighted by Gasteiger charge is 2.42. The van der Waals surface area contributed by atoms with Crippen molar-refractivity contribution in [3.63, 3.8) is 0 Å². The molecule has 1 fully saturated rings. The molecule has 0 saturated carbocycles. The van der Waals surface area contributed by atoms with E-state index in [0.717, 1.165) is 0 Å². The van der Waals surface area contributed by atoms with Gasteiger partial charge in [-0.3, -0.25) is 4.34 Å². The zero-order valence-electron chi connectivity index (χ0n) is 10.3. The smallest absolute Gasteiger partial charge is 0.168 e. The van der Waals surface area contributed by atoms with Gasteiger partial charge in [0.15, 0.2) is 11.5 Å². The second-order valence-corrected chi connectivity index (χ2v) is 5.74. The average Bonchev–Trinajstić information content (AvgIpc) is 2.97. The van der Waals surface area contributed by atoms with Crippen molar-refractivity contribution in [1.29, 1.82) is 0 Å². The molecule has 2 unspecified atom stereocenters. The van der Waals surface area contributed by atoms with Gasteiger partial charge in [0.1, 0.15) is 42.3 Å². The summed E-state index contributed by atoms with van der Waals surface area (Å²) in [6.45, 7) is -0.348. The Bertz CT molecular complexity index is 623. The van der Waals surface area contributed by atoms with Gasteiger partial charge in [-0.1, -0.05) is 0 Å². The van der Waals surface area contributed by atoms with Crippen LogP contribution in [-0.2, 0) is 4.74 Å². The van der Waals surface area contributed by atoms with E-state index < -0.39 is 24.2 Å². The number of nitrogen functional groups attached to an aromatic ring is 1. The number of anilines is 1. The Morgan fingerprint density at radius 1 is 1.30 bits per heavy atom. The number of hydrogen-bond donors (Lipinski definition) is 4. The van der Waals surface area contributed by atoms with Crippen LogP contribution in [0, 0.1) is 0 Å². The number of fused-ring (bicyclic) bond motifs is 1. The third kappa shape index (κ3) is 2.13. The van der Waals surface area contributed by atoms with E-state index in [9.17, 15) is 10.2 Å². The van der Waals surface area contributed by atoms with Gasteiger partial charge in [-0.2, -0.15) is 0 Å². The van der Waals surface area contributed by atoms with Crippen LogP contribution >= 0.6 is 8.73 Å². The van der Waals surface area contributed by atoms with Crippen molar-refractivity contribution in [3.8, 4) is 0 Å². The minimum Gasteiger partial charge on any atom is -0.394 e. The quantitative estimate of drug-likeness (QED) is 0.491. The van der Waals surface area contributed by atoms with Gasteiger partial charge in [0, 0.05) is 8.73 Å². The van der Waals surface area contributed by atoms with Crippen LogP contribution in [0.1, 0.15) is 0 Å². The summed E-state index contributed by atoms with van der Waals surface area (Å²) < 4.78 is 7.11. The van der Waals surface area contributed by atoms with E-state index in [1.165, 1.54) is 12.7 Å². The first kappa shape index (κ1) is 13.6. The summed E-state index contributed by atoms with van der Waals surface area (Å²) >= 11 is 0. The van der Waals surface area contributed by atoms with Crippen molar-refractivity contribution in [3.05, 3.63) is 12.7 Å². The molecule has 0 bridgehead atoms. The van der Waals surface area contributed by atoms with E-state index in [-0.39, 0.29) is 21.2 Å². The number of aliphatic hydroxyl groups excluding tert-OH is 3. The molecule has 0 radical (unpaired) electrons. The number of rotatable bonds is 3. The molecule has 3 rings (SSSR count). The van der Waals surface area contributed by atoms with E-state index in [2.05, 4.69) is 15.0 Å². The zero-order valence-corrected chi connectivity index (χ0v) is 11.3. The molecular weight excluding hydrogens is 285 g/mol. The maximum Gasteiger partial charge on any atom is 0.168 e. The standard InChI is InChI=1S/C10H14N5O4P/c11-8-5-9(13-2-12-8)15(3-14-5)20-10-7(18)6(17)4(1-16)19-10/h2-4,6-7,10,16-18,20H,1H2,(H2,11,12,13)/t4-,6-,7-,10?/m1/s1. The van der Waals surface area contributed by atoms with Gasteiger partial charge >= 0.3 is 0 Å². The lowest BCUT2D eigenvalue weighted by Gasteiger charge is -2.15. The van der Waals surface area contributed by atoms with Crippen LogP contribution in [0.4, 0.5) is 5.82 Å². The van der Waals surface area contributed by atoms with Crippen LogP contribution in [0.15, 0.2) is 12.7 Å². The summed E-state index contributed by atoms with van der Waals surface area (Å²) in [6, 6.07) is 0. The molecular formula is C10H14N5O4P. The van der Waals surface area contributed by atoms with Crippen LogP contribution in [0.2, 0.25) is 0 Å². The topological polar surface area (TPSA) is 140 Å². The molecule has 108 valence electrons. The Labute approximate surface area is 115 Å². The third-order valence-electron chi connectivity index (χ3n) is 3.17. The van der Waals surface area contributed by atoms with Crippen molar-refractivity contribution in [2.24, 2.45) is 0 Å². The highest BCUT2D eigenvalue weighted by Crippen LogP contribution is 2.36. The molecule has 2 aromatic rings. The van der Waals surface area contributed by atoms with E-state index >= 15 is 0 Å². The average molecular weight is 299 g/mol. The lowest BCUT2D eigenvalue weighted by Crippen LogP contribution is -2.33. The normalized spacial score (nSPS) is 30.8. The fourth-order valence-electron chi connectivity index (χ4n) is 2.09. The summed E-state index contributed by atoms with van der Waals surface area (Å²) in [5.74, 6) is -0.351. The Kier molecular flexibility index (Phi) is 3.53. The molecule has 9 nitrogen and oxygen atoms in total. The second kappa shape index (κ2) is 5.19. The second-order valence-electron chi connectivity index (χ2n) is 4.43. The molecule has 5 atom stereocenters. The highest BCUT2D eigenvalue weighted by molar-refractivity contribution is 7.37.